The molecule has 3 aliphatic rings. The number of nitrogen functional groups attached to an aromatic ring is 1. The van der Waals surface area contributed by atoms with Crippen molar-refractivity contribution in [1.82, 2.24) is 15.1 Å². The minimum Gasteiger partial charge on any atom is -0.495 e. The third-order valence-corrected chi connectivity index (χ3v) is 6.20. The maximum Gasteiger partial charge on any atom is 0.205 e. The van der Waals surface area contributed by atoms with Crippen molar-refractivity contribution in [2.45, 2.75) is 0 Å². The van der Waals surface area contributed by atoms with Crippen LogP contribution < -0.4 is 36.4 Å². The van der Waals surface area contributed by atoms with E-state index in [4.69, 9.17) is 10.5 Å². The Hall–Kier alpha value is -3.65. The lowest BCUT2D eigenvalue weighted by Crippen LogP contribution is -2.45. The first-order valence-corrected chi connectivity index (χ1v) is 10.8. The van der Waals surface area contributed by atoms with E-state index in [-0.39, 0.29) is 0 Å². The van der Waals surface area contributed by atoms with Crippen LogP contribution in [-0.2, 0) is 0 Å². The summed E-state index contributed by atoms with van der Waals surface area (Å²) >= 11 is 0. The number of anilines is 3. The molecule has 5 rings (SSSR count). The summed E-state index contributed by atoms with van der Waals surface area (Å²) in [5, 5.41) is 8.91. The summed E-state index contributed by atoms with van der Waals surface area (Å²) in [4.78, 5) is 11.4. The van der Waals surface area contributed by atoms with Crippen LogP contribution in [0.3, 0.4) is 0 Å². The third kappa shape index (κ3) is 3.73. The van der Waals surface area contributed by atoms with Gasteiger partial charge in [-0.3, -0.25) is 0 Å². The molecule has 0 unspecified atom stereocenters. The van der Waals surface area contributed by atoms with Crippen LogP contribution in [0.2, 0.25) is 0 Å². The Bertz CT molecular complexity index is 1210. The van der Waals surface area contributed by atoms with Crippen molar-refractivity contribution in [2.24, 2.45) is 4.99 Å². The highest BCUT2D eigenvalue weighted by molar-refractivity contribution is 6.01. The van der Waals surface area contributed by atoms with Crippen LogP contribution in [-0.4, -0.2) is 63.1 Å². The maximum atomic E-state index is 6.12. The first-order chi connectivity index (χ1) is 15.5. The number of hydrogen-bond acceptors (Lipinski definition) is 8. The number of likely N-dealkylation sites (N-methyl/N-ethyl adjacent to an activating group) is 2. The first kappa shape index (κ1) is 20.3. The van der Waals surface area contributed by atoms with Crippen LogP contribution in [0.5, 0.6) is 5.75 Å². The van der Waals surface area contributed by atoms with Gasteiger partial charge in [-0.05, 0) is 43.4 Å². The highest BCUT2D eigenvalue weighted by atomic mass is 16.5. The van der Waals surface area contributed by atoms with Gasteiger partial charge < -0.3 is 35.8 Å². The lowest BCUT2D eigenvalue weighted by molar-refractivity contribution is 0.313. The number of guanidine groups is 1. The number of rotatable bonds is 3. The molecule has 4 N–H and O–H groups in total. The highest BCUT2D eigenvalue weighted by Gasteiger charge is 2.21. The Kier molecular flexibility index (Phi) is 5.14. The van der Waals surface area contributed by atoms with Crippen molar-refractivity contribution in [2.75, 3.05) is 63.3 Å². The molecule has 1 saturated heterocycles. The molecule has 2 aromatic carbocycles. The molecule has 2 aromatic rings. The smallest absolute Gasteiger partial charge is 0.205 e. The summed E-state index contributed by atoms with van der Waals surface area (Å²) in [6.45, 7) is 4.30. The standard InChI is InChI=1S/C24H29N7O/c1-29-8-10-31(11-9-29)18-6-4-17(5-7-18)27-24-26-14-21-23(28-24)19-13-22(32-3)20(25)12-16(19)15-30(21)2/h4-7,12-15H,8-11,25H2,1-3H3,(H2,26,27,28). The topological polar surface area (TPSA) is 81.4 Å². The highest BCUT2D eigenvalue weighted by Crippen LogP contribution is 2.23. The molecule has 0 bridgehead atoms. The number of fused-ring (bicyclic) bond motifs is 2. The predicted molar refractivity (Wildman–Crippen MR) is 131 cm³/mol. The van der Waals surface area contributed by atoms with Gasteiger partial charge in [0.25, 0.3) is 0 Å². The number of nitrogens with one attached hydrogen (secondary N) is 2. The molecule has 1 fully saturated rings. The fourth-order valence-electron chi connectivity index (χ4n) is 4.29. The molecule has 3 heterocycles. The minimum atomic E-state index is 0.618. The summed E-state index contributed by atoms with van der Waals surface area (Å²) in [7, 11) is 5.81. The molecule has 0 saturated carbocycles. The molecule has 166 valence electrons. The second-order valence-corrected chi connectivity index (χ2v) is 8.38. The number of ether oxygens (including phenoxy) is 1. The van der Waals surface area contributed by atoms with E-state index in [0.717, 1.165) is 53.7 Å². The SMILES string of the molecule is COc1cc2c(cc1N)=CN(C)C1=CN=C(Nc3ccc(N4CCN(C)CC4)cc3)NC=21. The van der Waals surface area contributed by atoms with Gasteiger partial charge in [0.1, 0.15) is 5.75 Å². The Morgan fingerprint density at radius 1 is 1.06 bits per heavy atom. The molecule has 0 spiro atoms. The lowest BCUT2D eigenvalue weighted by atomic mass is 10.1. The number of aliphatic imine (C=N–C) groups is 1. The molecule has 0 radical (unpaired) electrons. The number of nitrogens with two attached hydrogens (primary N) is 1. The summed E-state index contributed by atoms with van der Waals surface area (Å²) in [5.41, 5.74) is 10.9. The van der Waals surface area contributed by atoms with Crippen LogP contribution >= 0.6 is 0 Å². The maximum absolute atomic E-state index is 6.12. The van der Waals surface area contributed by atoms with E-state index in [1.807, 2.05) is 36.5 Å². The van der Waals surface area contributed by atoms with Gasteiger partial charge in [-0.2, -0.15) is 0 Å². The Morgan fingerprint density at radius 3 is 2.53 bits per heavy atom. The monoisotopic (exact) mass is 431 g/mol. The fourth-order valence-corrected chi connectivity index (χ4v) is 4.29. The van der Waals surface area contributed by atoms with E-state index in [1.165, 1.54) is 5.69 Å². The zero-order chi connectivity index (χ0) is 22.2. The normalized spacial score (nSPS) is 18.0. The second-order valence-electron chi connectivity index (χ2n) is 8.38. The average Bonchev–Trinajstić information content (AvgIpc) is 2.80. The largest absolute Gasteiger partial charge is 0.495 e. The van der Waals surface area contributed by atoms with Crippen molar-refractivity contribution in [3.8, 4) is 5.75 Å². The van der Waals surface area contributed by atoms with E-state index in [1.54, 1.807) is 7.11 Å². The van der Waals surface area contributed by atoms with Gasteiger partial charge in [0, 0.05) is 61.2 Å². The zero-order valence-corrected chi connectivity index (χ0v) is 18.7. The predicted octanol–water partition coefficient (Wildman–Crippen LogP) is 0.734. The van der Waals surface area contributed by atoms with Gasteiger partial charge in [-0.15, -0.1) is 0 Å². The Labute approximate surface area is 188 Å². The molecule has 0 aromatic heterocycles. The summed E-state index contributed by atoms with van der Waals surface area (Å²) in [5.74, 6) is 1.33. The van der Waals surface area contributed by atoms with Gasteiger partial charge in [-0.1, -0.05) is 0 Å². The Balaban J connectivity index is 1.39. The number of piperazine rings is 1. The number of nitrogens with zero attached hydrogens (tertiary/aromatic N) is 4. The van der Waals surface area contributed by atoms with Crippen molar-refractivity contribution in [3.05, 3.63) is 58.7 Å². The van der Waals surface area contributed by atoms with E-state index >= 15 is 0 Å². The van der Waals surface area contributed by atoms with Crippen molar-refractivity contribution in [1.29, 1.82) is 0 Å². The molecule has 8 heteroatoms. The first-order valence-electron chi connectivity index (χ1n) is 10.8. The van der Waals surface area contributed by atoms with Crippen LogP contribution in [0.15, 0.2) is 53.3 Å². The van der Waals surface area contributed by atoms with E-state index < -0.39 is 0 Å². The van der Waals surface area contributed by atoms with E-state index in [0.29, 0.717) is 17.4 Å². The second kappa shape index (κ2) is 8.12. The summed E-state index contributed by atoms with van der Waals surface area (Å²) < 4.78 is 5.44. The molecular weight excluding hydrogens is 402 g/mol. The Morgan fingerprint density at radius 2 is 1.81 bits per heavy atom. The van der Waals surface area contributed by atoms with Crippen molar-refractivity contribution < 1.29 is 4.74 Å². The molecule has 3 aliphatic heterocycles. The van der Waals surface area contributed by atoms with Crippen LogP contribution in [0.25, 0.3) is 11.9 Å². The van der Waals surface area contributed by atoms with E-state index in [2.05, 4.69) is 56.7 Å². The van der Waals surface area contributed by atoms with Crippen LogP contribution in [0.1, 0.15) is 0 Å². The van der Waals surface area contributed by atoms with Gasteiger partial charge in [0.2, 0.25) is 5.96 Å². The number of hydrogen-bond donors (Lipinski definition) is 3. The van der Waals surface area contributed by atoms with Gasteiger partial charge in [0.05, 0.1) is 30.4 Å². The molecule has 0 amide bonds. The molecule has 8 nitrogen and oxygen atoms in total. The van der Waals surface area contributed by atoms with Crippen molar-refractivity contribution in [3.63, 3.8) is 0 Å². The molecule has 32 heavy (non-hydrogen) atoms. The fraction of sp³-hybridized carbons (Fsp3) is 0.292. The van der Waals surface area contributed by atoms with Gasteiger partial charge >= 0.3 is 0 Å². The molecule has 0 aliphatic carbocycles. The average molecular weight is 432 g/mol. The lowest BCUT2D eigenvalue weighted by Gasteiger charge is -2.34. The van der Waals surface area contributed by atoms with Crippen molar-refractivity contribution >= 4 is 34.9 Å². The third-order valence-electron chi connectivity index (χ3n) is 6.20. The quantitative estimate of drug-likeness (QED) is 0.619. The minimum absolute atomic E-state index is 0.618. The summed E-state index contributed by atoms with van der Waals surface area (Å²) in [6, 6.07) is 12.4. The van der Waals surface area contributed by atoms with Gasteiger partial charge in [0.15, 0.2) is 0 Å². The number of benzene rings is 2. The molecule has 0 atom stereocenters. The van der Waals surface area contributed by atoms with Crippen LogP contribution in [0.4, 0.5) is 17.1 Å². The summed E-state index contributed by atoms with van der Waals surface area (Å²) in [6.07, 6.45) is 3.92. The molecular formula is C24H29N7O. The van der Waals surface area contributed by atoms with E-state index in [9.17, 15) is 0 Å². The van der Waals surface area contributed by atoms with Crippen LogP contribution in [0, 0.1) is 0 Å². The van der Waals surface area contributed by atoms with Gasteiger partial charge in [-0.25, -0.2) is 4.99 Å². The zero-order valence-electron chi connectivity index (χ0n) is 18.7. The number of methoxy groups -OCH3 is 1.